The van der Waals surface area contributed by atoms with E-state index in [-0.39, 0.29) is 89.7 Å². The van der Waals surface area contributed by atoms with Gasteiger partial charge in [0.15, 0.2) is 6.29 Å². The highest BCUT2D eigenvalue weighted by Crippen LogP contribution is 2.58. The Hall–Kier alpha value is -6.91. The minimum absolute atomic E-state index is 0. The summed E-state index contributed by atoms with van der Waals surface area (Å²) in [7, 11) is 0. The van der Waals surface area contributed by atoms with Crippen molar-refractivity contribution in [3.05, 3.63) is 142 Å². The number of hydrogen-bond donors (Lipinski definition) is 0. The molecule has 4 aromatic rings. The van der Waals surface area contributed by atoms with Crippen LogP contribution >= 0.6 is 0 Å². The van der Waals surface area contributed by atoms with Crippen molar-refractivity contribution in [2.24, 2.45) is 5.92 Å². The first kappa shape index (κ1) is 127. The lowest BCUT2D eigenvalue weighted by molar-refractivity contribution is -0.415. The molecule has 11 nitrogen and oxygen atoms in total. The molecule has 0 spiro atoms. The topological polar surface area (TPSA) is 125 Å². The number of alkyl halides is 24. The maximum absolute atomic E-state index is 14.0. The standard InChI is InChI=1S/C23H32F6O2.C19H24F6O3.2C18H22F6O3.8CH4/c1-4-16(2)19-10-12-20(13-11-19)21(22(24,25)26,23(27,28)29)31-17(3)30-15-14-18-8-6-5-7-9-18;1-6-12(2)13-7-9-14(10-8-13)17(18(20,21)22,19(23,24)25)27-11-15(26)28-16(3,4)5;2*1-6-11(2)12-7-9-13(10-8-12)16(17(19,20)21,18(22,23)24)27-14(25)26-15(3,4)5;;;;;;;;/h10-13,16-18H,4-9,14-15H2,1-3H3;7-10,12H,6,11H2,1-5H3;2*7-11H,6H2,1-5H3;8*1H4. The van der Waals surface area contributed by atoms with Crippen LogP contribution in [0.3, 0.4) is 0 Å². The first-order valence-electron chi connectivity index (χ1n) is 36.0. The molecule has 5 rings (SSSR count). The van der Waals surface area contributed by atoms with Gasteiger partial charge in [-0.2, -0.15) is 105 Å². The molecule has 710 valence electrons. The highest BCUT2D eigenvalue weighted by Gasteiger charge is 2.78. The normalized spacial score (nSPS) is 14.7. The monoisotopic (exact) mass is 1800 g/mol. The van der Waals surface area contributed by atoms with E-state index in [2.05, 4.69) is 23.7 Å². The van der Waals surface area contributed by atoms with Crippen molar-refractivity contribution in [2.45, 2.75) is 367 Å². The van der Waals surface area contributed by atoms with Gasteiger partial charge in [-0.3, -0.25) is 0 Å². The molecule has 5 unspecified atom stereocenters. The number of benzene rings is 4. The van der Waals surface area contributed by atoms with Gasteiger partial charge in [0, 0.05) is 28.9 Å². The van der Waals surface area contributed by atoms with Crippen LogP contribution in [-0.2, 0) is 65.1 Å². The Balaban J connectivity index is -0.000000281. The van der Waals surface area contributed by atoms with E-state index in [1.807, 2.05) is 34.6 Å². The fraction of sp³-hybridized carbons (Fsp3) is 0.686. The van der Waals surface area contributed by atoms with Gasteiger partial charge in [-0.1, -0.05) is 244 Å². The number of rotatable bonds is 23. The van der Waals surface area contributed by atoms with E-state index in [1.165, 1.54) is 86.6 Å². The van der Waals surface area contributed by atoms with Gasteiger partial charge >= 0.3 is 78.9 Å². The predicted molar refractivity (Wildman–Crippen MR) is 424 cm³/mol. The van der Waals surface area contributed by atoms with Crippen molar-refractivity contribution in [1.82, 2.24) is 0 Å². The summed E-state index contributed by atoms with van der Waals surface area (Å²) in [4.78, 5) is 35.1. The van der Waals surface area contributed by atoms with Crippen LogP contribution < -0.4 is 0 Å². The summed E-state index contributed by atoms with van der Waals surface area (Å²) >= 11 is 0. The van der Waals surface area contributed by atoms with Gasteiger partial charge in [0.1, 0.15) is 23.4 Å². The van der Waals surface area contributed by atoms with Crippen LogP contribution in [0, 0.1) is 5.92 Å². The lowest BCUT2D eigenvalue weighted by atomic mass is 9.87. The van der Waals surface area contributed by atoms with E-state index >= 15 is 0 Å². The number of halogens is 24. The summed E-state index contributed by atoms with van der Waals surface area (Å²) in [5, 5.41) is 0. The summed E-state index contributed by atoms with van der Waals surface area (Å²) in [5.41, 5.74) is -24.8. The van der Waals surface area contributed by atoms with Crippen molar-refractivity contribution in [3.63, 3.8) is 0 Å². The van der Waals surface area contributed by atoms with Crippen LogP contribution in [0.4, 0.5) is 115 Å². The third-order valence-corrected chi connectivity index (χ3v) is 18.2. The van der Waals surface area contributed by atoms with Crippen LogP contribution in [0.25, 0.3) is 0 Å². The van der Waals surface area contributed by atoms with E-state index in [9.17, 15) is 120 Å². The van der Waals surface area contributed by atoms with Crippen LogP contribution in [0.1, 0.15) is 316 Å². The molecule has 121 heavy (non-hydrogen) atoms. The minimum Gasteiger partial charge on any atom is -0.458 e. The van der Waals surface area contributed by atoms with Crippen LogP contribution in [0.2, 0.25) is 0 Å². The molecule has 0 heterocycles. The van der Waals surface area contributed by atoms with Crippen LogP contribution in [0.15, 0.2) is 97.1 Å². The van der Waals surface area contributed by atoms with E-state index in [0.717, 1.165) is 87.6 Å². The highest BCUT2D eigenvalue weighted by molar-refractivity contribution is 5.71. The molecular formula is C86H132F24O11. The summed E-state index contributed by atoms with van der Waals surface area (Å²) in [6, 6.07) is 15.5. The van der Waals surface area contributed by atoms with Crippen molar-refractivity contribution in [1.29, 1.82) is 0 Å². The largest absolute Gasteiger partial charge is 0.510 e. The van der Waals surface area contributed by atoms with Crippen molar-refractivity contribution < 1.29 is 158 Å². The third kappa shape index (κ3) is 33.8. The Labute approximate surface area is 701 Å². The van der Waals surface area contributed by atoms with E-state index in [1.54, 1.807) is 20.8 Å². The second-order valence-electron chi connectivity index (χ2n) is 30.3. The molecule has 4 aromatic carbocycles. The van der Waals surface area contributed by atoms with Crippen molar-refractivity contribution in [3.8, 4) is 0 Å². The Morgan fingerprint density at radius 1 is 0.322 bits per heavy atom. The maximum atomic E-state index is 14.0. The van der Waals surface area contributed by atoms with Gasteiger partial charge in [-0.25, -0.2) is 14.4 Å². The number of carbonyl (C=O) groups excluding carboxylic acids is 3. The molecular weight excluding hydrogens is 1660 g/mol. The van der Waals surface area contributed by atoms with Gasteiger partial charge < -0.3 is 37.9 Å². The van der Waals surface area contributed by atoms with E-state index in [4.69, 9.17) is 14.2 Å². The molecule has 0 radical (unpaired) electrons. The average Bonchev–Trinajstić information content (AvgIpc) is 0.751. The molecule has 0 aromatic heterocycles. The smallest absolute Gasteiger partial charge is 0.458 e. The molecule has 1 aliphatic carbocycles. The molecule has 35 heteroatoms. The number of ether oxygens (including phenoxy) is 8. The van der Waals surface area contributed by atoms with Gasteiger partial charge in [0.05, 0.1) is 0 Å². The summed E-state index contributed by atoms with van der Waals surface area (Å²) in [6.45, 7) is 26.3. The van der Waals surface area contributed by atoms with Gasteiger partial charge in [-0.05, 0) is 153 Å². The first-order valence-corrected chi connectivity index (χ1v) is 36.0. The lowest BCUT2D eigenvalue weighted by Gasteiger charge is -2.39. The summed E-state index contributed by atoms with van der Waals surface area (Å²) in [5.74, 6) is -1.08. The van der Waals surface area contributed by atoms with Crippen LogP contribution in [0.5, 0.6) is 0 Å². The molecule has 1 fully saturated rings. The summed E-state index contributed by atoms with van der Waals surface area (Å²) in [6.07, 6.45) is -44.2. The van der Waals surface area contributed by atoms with Gasteiger partial charge in [0.25, 0.3) is 11.2 Å². The molecule has 0 bridgehead atoms. The fourth-order valence-electron chi connectivity index (χ4n) is 11.4. The Bertz CT molecular complexity index is 3370. The molecule has 5 atom stereocenters. The average molecular weight is 1800 g/mol. The zero-order chi connectivity index (χ0) is 87.8. The van der Waals surface area contributed by atoms with E-state index in [0.29, 0.717) is 84.5 Å². The third-order valence-electron chi connectivity index (χ3n) is 18.2. The zero-order valence-electron chi connectivity index (χ0n) is 65.7. The maximum Gasteiger partial charge on any atom is 0.510 e. The SMILES string of the molecule is C.C.C.C.C.C.C.C.CCC(C)c1ccc(C(OC(=O)OC(C)(C)C)(C(F)(F)F)C(F)(F)F)cc1.CCC(C)c1ccc(C(OC(=O)OC(C)(C)C)(C(F)(F)F)C(F)(F)F)cc1.CCC(C)c1ccc(C(OC(C)OCCC2CCCCC2)(C(F)(F)F)C(F)(F)F)cc1.CCC(C)c1ccc(C(OCC(=O)OC(C)(C)C)(C(F)(F)F)C(F)(F)F)cc1. The summed E-state index contributed by atoms with van der Waals surface area (Å²) < 4.78 is 365. The van der Waals surface area contributed by atoms with Gasteiger partial charge in [0.2, 0.25) is 0 Å². The second-order valence-corrected chi connectivity index (χ2v) is 30.3. The molecule has 1 saturated carbocycles. The number of hydrogen-bond acceptors (Lipinski definition) is 11. The Morgan fingerprint density at radius 3 is 0.760 bits per heavy atom. The molecule has 0 N–H and O–H groups in total. The molecule has 1 aliphatic rings. The fourth-order valence-corrected chi connectivity index (χ4v) is 11.4. The molecule has 0 aliphatic heterocycles. The lowest BCUT2D eigenvalue weighted by Crippen LogP contribution is -2.57. The van der Waals surface area contributed by atoms with Crippen LogP contribution in [-0.4, -0.2) is 104 Å². The predicted octanol–water partition coefficient (Wildman–Crippen LogP) is 31.8. The molecule has 0 saturated heterocycles. The van der Waals surface area contributed by atoms with Gasteiger partial charge in [-0.15, -0.1) is 0 Å². The Morgan fingerprint density at radius 2 is 0.545 bits per heavy atom. The Kier molecular flexibility index (Phi) is 51.6. The quantitative estimate of drug-likeness (QED) is 0.0305. The first-order chi connectivity index (χ1) is 51.1. The van der Waals surface area contributed by atoms with E-state index < -0.39 is 142 Å². The van der Waals surface area contributed by atoms with Crippen molar-refractivity contribution >= 4 is 18.3 Å². The van der Waals surface area contributed by atoms with Crippen molar-refractivity contribution in [2.75, 3.05) is 13.2 Å². The molecule has 0 amide bonds. The second kappa shape index (κ2) is 49.1. The zero-order valence-corrected chi connectivity index (χ0v) is 65.7. The number of carbonyl (C=O) groups is 3. The highest BCUT2D eigenvalue weighted by atomic mass is 19.4. The number of esters is 1. The minimum atomic E-state index is -5.96.